The van der Waals surface area contributed by atoms with Crippen LogP contribution in [-0.2, 0) is 9.53 Å². The lowest BCUT2D eigenvalue weighted by Gasteiger charge is -2.04. The molecule has 2 aromatic rings. The molecule has 20 heavy (non-hydrogen) atoms. The Morgan fingerprint density at radius 3 is 2.90 bits per heavy atom. The van der Waals surface area contributed by atoms with Crippen LogP contribution in [0.2, 0.25) is 0 Å². The molecule has 2 heterocycles. The largest absolute Gasteiger partial charge is 0.465 e. The number of carbonyl (C=O) groups is 2. The van der Waals surface area contributed by atoms with Crippen LogP contribution in [0.25, 0.3) is 0 Å². The molecule has 2 aromatic heterocycles. The van der Waals surface area contributed by atoms with Gasteiger partial charge in [0.1, 0.15) is 10.0 Å². The molecule has 0 fully saturated rings. The zero-order valence-corrected chi connectivity index (χ0v) is 13.2. The van der Waals surface area contributed by atoms with Crippen molar-refractivity contribution in [3.63, 3.8) is 0 Å². The van der Waals surface area contributed by atoms with Gasteiger partial charge in [-0.1, -0.05) is 23.1 Å². The monoisotopic (exact) mass is 329 g/mol. The highest BCUT2D eigenvalue weighted by Crippen LogP contribution is 2.25. The lowest BCUT2D eigenvalue weighted by Crippen LogP contribution is -2.15. The summed E-state index contributed by atoms with van der Waals surface area (Å²) in [6.45, 7) is 1.86. The molecule has 9 heteroatoms. The number of amides is 1. The summed E-state index contributed by atoms with van der Waals surface area (Å²) in [7, 11) is 1.30. The molecular weight excluding hydrogens is 318 g/mol. The van der Waals surface area contributed by atoms with Crippen LogP contribution in [0.15, 0.2) is 15.8 Å². The number of nitrogens with zero attached hydrogens (tertiary/aromatic N) is 2. The number of nitrogens with one attached hydrogen (secondary N) is 1. The predicted molar refractivity (Wildman–Crippen MR) is 79.7 cm³/mol. The van der Waals surface area contributed by atoms with E-state index >= 15 is 0 Å². The quantitative estimate of drug-likeness (QED) is 0.670. The van der Waals surface area contributed by atoms with Gasteiger partial charge in [0.05, 0.1) is 18.4 Å². The normalized spacial score (nSPS) is 10.3. The van der Waals surface area contributed by atoms with Crippen molar-refractivity contribution in [1.29, 1.82) is 0 Å². The third-order valence-electron chi connectivity index (χ3n) is 2.16. The zero-order valence-electron chi connectivity index (χ0n) is 10.7. The fraction of sp³-hybridized carbons (Fsp3) is 0.273. The summed E-state index contributed by atoms with van der Waals surface area (Å²) in [5.74, 6) is -0.447. The number of thioether (sulfide) groups is 1. The molecule has 106 valence electrons. The fourth-order valence-electron chi connectivity index (χ4n) is 1.30. The Hall–Kier alpha value is -1.45. The number of methoxy groups -OCH3 is 1. The SMILES string of the molecule is COC(=O)c1ccsc1NC(=O)CSc1nnc(C)s1. The first-order chi connectivity index (χ1) is 9.60. The van der Waals surface area contributed by atoms with Crippen molar-refractivity contribution in [2.75, 3.05) is 18.2 Å². The molecule has 1 amide bonds. The number of hydrogen-bond acceptors (Lipinski definition) is 8. The lowest BCUT2D eigenvalue weighted by atomic mass is 10.3. The first-order valence-corrected chi connectivity index (χ1v) is 8.17. The summed E-state index contributed by atoms with van der Waals surface area (Å²) in [5.41, 5.74) is 0.364. The van der Waals surface area contributed by atoms with E-state index in [1.165, 1.54) is 41.5 Å². The van der Waals surface area contributed by atoms with Gasteiger partial charge in [0.15, 0.2) is 4.34 Å². The van der Waals surface area contributed by atoms with Gasteiger partial charge < -0.3 is 10.1 Å². The molecule has 0 aliphatic rings. The number of hydrogen-bond donors (Lipinski definition) is 1. The average molecular weight is 329 g/mol. The number of aryl methyl sites for hydroxylation is 1. The summed E-state index contributed by atoms with van der Waals surface area (Å²) in [4.78, 5) is 23.3. The van der Waals surface area contributed by atoms with Crippen molar-refractivity contribution in [2.45, 2.75) is 11.3 Å². The minimum atomic E-state index is -0.464. The summed E-state index contributed by atoms with van der Waals surface area (Å²) in [6.07, 6.45) is 0. The predicted octanol–water partition coefficient (Wildman–Crippen LogP) is 2.43. The maximum atomic E-state index is 11.8. The Morgan fingerprint density at radius 2 is 2.25 bits per heavy atom. The van der Waals surface area contributed by atoms with E-state index in [2.05, 4.69) is 20.3 Å². The molecule has 0 spiro atoms. The van der Waals surface area contributed by atoms with E-state index in [9.17, 15) is 9.59 Å². The Bertz CT molecular complexity index is 623. The van der Waals surface area contributed by atoms with Crippen LogP contribution in [0, 0.1) is 6.92 Å². The maximum Gasteiger partial charge on any atom is 0.340 e. The third kappa shape index (κ3) is 3.78. The summed E-state index contributed by atoms with van der Waals surface area (Å²) < 4.78 is 5.39. The molecule has 0 atom stereocenters. The van der Waals surface area contributed by atoms with E-state index in [0.717, 1.165) is 9.35 Å². The molecule has 0 radical (unpaired) electrons. The van der Waals surface area contributed by atoms with Crippen LogP contribution in [0.4, 0.5) is 5.00 Å². The number of carbonyl (C=O) groups excluding carboxylic acids is 2. The minimum Gasteiger partial charge on any atom is -0.465 e. The molecule has 0 saturated carbocycles. The van der Waals surface area contributed by atoms with E-state index < -0.39 is 5.97 Å². The Morgan fingerprint density at radius 1 is 1.45 bits per heavy atom. The van der Waals surface area contributed by atoms with E-state index in [0.29, 0.717) is 10.6 Å². The number of rotatable bonds is 5. The lowest BCUT2D eigenvalue weighted by molar-refractivity contribution is -0.113. The van der Waals surface area contributed by atoms with Crippen LogP contribution in [0.3, 0.4) is 0 Å². The van der Waals surface area contributed by atoms with Crippen molar-refractivity contribution in [1.82, 2.24) is 10.2 Å². The standard InChI is InChI=1S/C11H11N3O3S3/c1-6-13-14-11(20-6)19-5-8(15)12-9-7(3-4-18-9)10(16)17-2/h3-4H,5H2,1-2H3,(H,12,15). The summed E-state index contributed by atoms with van der Waals surface area (Å²) in [6, 6.07) is 1.62. The molecule has 2 rings (SSSR count). The van der Waals surface area contributed by atoms with Gasteiger partial charge in [0.25, 0.3) is 0 Å². The van der Waals surface area contributed by atoms with Gasteiger partial charge in [0, 0.05) is 0 Å². The zero-order chi connectivity index (χ0) is 14.5. The fourth-order valence-corrected chi connectivity index (χ4v) is 3.71. The molecule has 0 saturated heterocycles. The van der Waals surface area contributed by atoms with Crippen molar-refractivity contribution >= 4 is 51.3 Å². The third-order valence-corrected chi connectivity index (χ3v) is 4.96. The highest BCUT2D eigenvalue weighted by Gasteiger charge is 2.15. The highest BCUT2D eigenvalue weighted by atomic mass is 32.2. The Kier molecular flexibility index (Phi) is 5.10. The second kappa shape index (κ2) is 6.82. The van der Waals surface area contributed by atoms with Crippen LogP contribution in [-0.4, -0.2) is 34.9 Å². The Balaban J connectivity index is 1.91. The number of aromatic nitrogens is 2. The van der Waals surface area contributed by atoms with Gasteiger partial charge in [0.2, 0.25) is 5.91 Å². The molecule has 0 aliphatic heterocycles. The molecular formula is C11H11N3O3S3. The molecule has 6 nitrogen and oxygen atoms in total. The van der Waals surface area contributed by atoms with E-state index in [1.54, 1.807) is 11.4 Å². The van der Waals surface area contributed by atoms with Gasteiger partial charge in [-0.15, -0.1) is 21.5 Å². The van der Waals surface area contributed by atoms with Gasteiger partial charge in [-0.05, 0) is 18.4 Å². The van der Waals surface area contributed by atoms with Crippen molar-refractivity contribution in [3.05, 3.63) is 22.0 Å². The van der Waals surface area contributed by atoms with Crippen LogP contribution in [0.1, 0.15) is 15.4 Å². The maximum absolute atomic E-state index is 11.8. The summed E-state index contributed by atoms with van der Waals surface area (Å²) >= 11 is 4.03. The first kappa shape index (κ1) is 14.9. The molecule has 0 bridgehead atoms. The summed E-state index contributed by atoms with van der Waals surface area (Å²) in [5, 5.41) is 13.6. The van der Waals surface area contributed by atoms with E-state index in [4.69, 9.17) is 0 Å². The van der Waals surface area contributed by atoms with Gasteiger partial charge >= 0.3 is 5.97 Å². The van der Waals surface area contributed by atoms with Crippen LogP contribution < -0.4 is 5.32 Å². The highest BCUT2D eigenvalue weighted by molar-refractivity contribution is 8.01. The second-order valence-corrected chi connectivity index (χ2v) is 6.90. The van der Waals surface area contributed by atoms with Crippen molar-refractivity contribution < 1.29 is 14.3 Å². The van der Waals surface area contributed by atoms with Crippen LogP contribution in [0.5, 0.6) is 0 Å². The molecule has 0 unspecified atom stereocenters. The van der Waals surface area contributed by atoms with Gasteiger partial charge in [-0.25, -0.2) is 4.79 Å². The first-order valence-electron chi connectivity index (χ1n) is 5.48. The van der Waals surface area contributed by atoms with E-state index in [-0.39, 0.29) is 11.7 Å². The molecule has 0 aromatic carbocycles. The van der Waals surface area contributed by atoms with Gasteiger partial charge in [-0.3, -0.25) is 4.79 Å². The van der Waals surface area contributed by atoms with Gasteiger partial charge in [-0.2, -0.15) is 0 Å². The second-order valence-electron chi connectivity index (χ2n) is 3.58. The van der Waals surface area contributed by atoms with Crippen molar-refractivity contribution in [2.24, 2.45) is 0 Å². The Labute approximate surface area is 127 Å². The topological polar surface area (TPSA) is 81.2 Å². The minimum absolute atomic E-state index is 0.199. The van der Waals surface area contributed by atoms with Crippen LogP contribution >= 0.6 is 34.4 Å². The number of anilines is 1. The number of esters is 1. The number of thiophene rings is 1. The van der Waals surface area contributed by atoms with E-state index in [1.807, 2.05) is 6.92 Å². The smallest absolute Gasteiger partial charge is 0.340 e. The molecule has 0 aliphatic carbocycles. The number of ether oxygens (including phenoxy) is 1. The van der Waals surface area contributed by atoms with Crippen molar-refractivity contribution in [3.8, 4) is 0 Å². The molecule has 1 N–H and O–H groups in total. The average Bonchev–Trinajstić information content (AvgIpc) is 3.04.